The van der Waals surface area contributed by atoms with Gasteiger partial charge in [0.15, 0.2) is 0 Å². The van der Waals surface area contributed by atoms with E-state index in [0.717, 1.165) is 22.0 Å². The number of nitrogens with one attached hydrogen (secondary N) is 3. The number of carbonyl (C=O) groups excluding carboxylic acids is 2. The minimum Gasteiger partial charge on any atom is -0.490 e. The molecule has 1 atom stereocenters. The zero-order chi connectivity index (χ0) is 27.8. The van der Waals surface area contributed by atoms with E-state index < -0.39 is 0 Å². The predicted octanol–water partition coefficient (Wildman–Crippen LogP) is 4.97. The van der Waals surface area contributed by atoms with Crippen molar-refractivity contribution in [3.63, 3.8) is 0 Å². The van der Waals surface area contributed by atoms with Gasteiger partial charge in [0.25, 0.3) is 11.8 Å². The summed E-state index contributed by atoms with van der Waals surface area (Å²) in [6, 6.07) is 22.0. The third-order valence-electron chi connectivity index (χ3n) is 6.13. The van der Waals surface area contributed by atoms with Gasteiger partial charge in [-0.3, -0.25) is 9.59 Å². The second-order valence-corrected chi connectivity index (χ2v) is 9.38. The molecule has 0 aliphatic rings. The van der Waals surface area contributed by atoms with Crippen molar-refractivity contribution in [3.05, 3.63) is 101 Å². The summed E-state index contributed by atoms with van der Waals surface area (Å²) < 4.78 is 5.92. The number of amides is 2. The number of benzene rings is 3. The molecular weight excluding hydrogens is 488 g/mol. The first-order valence-electron chi connectivity index (χ1n) is 12.8. The van der Waals surface area contributed by atoms with Gasteiger partial charge in [-0.05, 0) is 74.4 Å². The number of para-hydroxylation sites is 1. The van der Waals surface area contributed by atoms with Crippen molar-refractivity contribution < 1.29 is 14.3 Å². The fourth-order valence-corrected chi connectivity index (χ4v) is 4.25. The molecule has 0 saturated carbocycles. The Labute approximate surface area is 228 Å². The van der Waals surface area contributed by atoms with Crippen LogP contribution in [0, 0.1) is 23.2 Å². The number of H-pyrrole nitrogens is 1. The molecule has 0 radical (unpaired) electrons. The van der Waals surface area contributed by atoms with Crippen LogP contribution in [0.4, 0.5) is 0 Å². The standard InChI is InChI=1S/C32H30N4O3/c1-21(2)39-30-15-12-23(9-8-22-10-13-24(14-11-22)31(37)34-3)18-28(30)32(38)36-26(16-17-33)19-25-20-35-29-7-5-4-6-27(25)29/h4-7,10-15,18,20-21,26,35H,16,19H2,1-3H3,(H,34,37)(H,36,38). The summed E-state index contributed by atoms with van der Waals surface area (Å²) in [4.78, 5) is 28.5. The average molecular weight is 519 g/mol. The zero-order valence-corrected chi connectivity index (χ0v) is 22.2. The maximum absolute atomic E-state index is 13.5. The molecule has 7 heteroatoms. The van der Waals surface area contributed by atoms with Crippen LogP contribution in [0.1, 0.15) is 57.7 Å². The van der Waals surface area contributed by atoms with Crippen molar-refractivity contribution in [1.29, 1.82) is 5.26 Å². The molecule has 4 aromatic rings. The topological polar surface area (TPSA) is 107 Å². The Morgan fingerprint density at radius 2 is 1.69 bits per heavy atom. The first-order chi connectivity index (χ1) is 18.9. The van der Waals surface area contributed by atoms with E-state index in [1.165, 1.54) is 0 Å². The number of carbonyl (C=O) groups is 2. The lowest BCUT2D eigenvalue weighted by molar-refractivity contribution is 0.0929. The van der Waals surface area contributed by atoms with Gasteiger partial charge in [-0.1, -0.05) is 30.0 Å². The molecule has 0 saturated heterocycles. The number of ether oxygens (including phenoxy) is 1. The van der Waals surface area contributed by atoms with Crippen molar-refractivity contribution in [2.24, 2.45) is 0 Å². The maximum atomic E-state index is 13.5. The van der Waals surface area contributed by atoms with Crippen LogP contribution in [0.25, 0.3) is 10.9 Å². The van der Waals surface area contributed by atoms with E-state index in [0.29, 0.717) is 28.9 Å². The summed E-state index contributed by atoms with van der Waals surface area (Å²) in [5.41, 5.74) is 4.33. The molecule has 1 heterocycles. The molecule has 0 bridgehead atoms. The van der Waals surface area contributed by atoms with E-state index in [1.807, 2.05) is 44.3 Å². The fourth-order valence-electron chi connectivity index (χ4n) is 4.25. The molecule has 2 amide bonds. The number of aromatic nitrogens is 1. The van der Waals surface area contributed by atoms with Gasteiger partial charge in [-0.25, -0.2) is 0 Å². The Balaban J connectivity index is 1.57. The van der Waals surface area contributed by atoms with Crippen LogP contribution in [-0.2, 0) is 6.42 Å². The number of fused-ring (bicyclic) bond motifs is 1. The summed E-state index contributed by atoms with van der Waals surface area (Å²) >= 11 is 0. The van der Waals surface area contributed by atoms with Crippen LogP contribution in [0.2, 0.25) is 0 Å². The lowest BCUT2D eigenvalue weighted by Crippen LogP contribution is -2.36. The molecule has 39 heavy (non-hydrogen) atoms. The summed E-state index contributed by atoms with van der Waals surface area (Å²) in [5.74, 6) is 6.13. The maximum Gasteiger partial charge on any atom is 0.255 e. The average Bonchev–Trinajstić information content (AvgIpc) is 3.34. The van der Waals surface area contributed by atoms with E-state index in [2.05, 4.69) is 33.5 Å². The fraction of sp³-hybridized carbons (Fsp3) is 0.219. The minimum absolute atomic E-state index is 0.131. The van der Waals surface area contributed by atoms with Gasteiger partial charge in [0, 0.05) is 46.9 Å². The van der Waals surface area contributed by atoms with Gasteiger partial charge >= 0.3 is 0 Å². The third kappa shape index (κ3) is 6.85. The van der Waals surface area contributed by atoms with Crippen LogP contribution in [-0.4, -0.2) is 36.0 Å². The Bertz CT molecular complexity index is 1580. The number of rotatable bonds is 8. The van der Waals surface area contributed by atoms with Crippen molar-refractivity contribution in [3.8, 4) is 23.7 Å². The van der Waals surface area contributed by atoms with Gasteiger partial charge in [-0.2, -0.15) is 5.26 Å². The van der Waals surface area contributed by atoms with Crippen LogP contribution in [0.15, 0.2) is 72.9 Å². The Hall–Kier alpha value is -5.01. The Morgan fingerprint density at radius 1 is 0.974 bits per heavy atom. The molecule has 4 rings (SSSR count). The molecule has 7 nitrogen and oxygen atoms in total. The highest BCUT2D eigenvalue weighted by Gasteiger charge is 2.20. The molecule has 0 aliphatic heterocycles. The molecule has 0 spiro atoms. The van der Waals surface area contributed by atoms with Crippen LogP contribution in [0.3, 0.4) is 0 Å². The Kier molecular flexibility index (Phi) is 8.66. The van der Waals surface area contributed by atoms with Gasteiger partial charge in [0.05, 0.1) is 24.2 Å². The van der Waals surface area contributed by atoms with E-state index in [4.69, 9.17) is 4.74 Å². The molecule has 196 valence electrons. The molecular formula is C32H30N4O3. The van der Waals surface area contributed by atoms with Gasteiger partial charge in [0.2, 0.25) is 0 Å². The molecule has 0 aliphatic carbocycles. The van der Waals surface area contributed by atoms with Crippen LogP contribution in [0.5, 0.6) is 5.75 Å². The predicted molar refractivity (Wildman–Crippen MR) is 152 cm³/mol. The molecule has 0 fully saturated rings. The third-order valence-corrected chi connectivity index (χ3v) is 6.13. The molecule has 1 aromatic heterocycles. The Morgan fingerprint density at radius 3 is 2.41 bits per heavy atom. The van der Waals surface area contributed by atoms with E-state index in [-0.39, 0.29) is 30.4 Å². The first kappa shape index (κ1) is 27.0. The van der Waals surface area contributed by atoms with Gasteiger partial charge in [-0.15, -0.1) is 0 Å². The van der Waals surface area contributed by atoms with Crippen molar-refractivity contribution in [1.82, 2.24) is 15.6 Å². The van der Waals surface area contributed by atoms with Crippen molar-refractivity contribution in [2.75, 3.05) is 7.05 Å². The lowest BCUT2D eigenvalue weighted by atomic mass is 10.0. The van der Waals surface area contributed by atoms with Crippen molar-refractivity contribution >= 4 is 22.7 Å². The van der Waals surface area contributed by atoms with Gasteiger partial charge in [0.1, 0.15) is 5.75 Å². The zero-order valence-electron chi connectivity index (χ0n) is 22.2. The van der Waals surface area contributed by atoms with Crippen LogP contribution >= 0.6 is 0 Å². The normalized spacial score (nSPS) is 11.3. The summed E-state index contributed by atoms with van der Waals surface area (Å²) in [5, 5.41) is 16.1. The summed E-state index contributed by atoms with van der Waals surface area (Å²) in [7, 11) is 1.58. The minimum atomic E-state index is -0.387. The highest BCUT2D eigenvalue weighted by molar-refractivity contribution is 5.97. The molecule has 3 aromatic carbocycles. The lowest BCUT2D eigenvalue weighted by Gasteiger charge is -2.18. The summed E-state index contributed by atoms with van der Waals surface area (Å²) in [6.07, 6.45) is 2.46. The van der Waals surface area contributed by atoms with Crippen LogP contribution < -0.4 is 15.4 Å². The quantitative estimate of drug-likeness (QED) is 0.286. The number of nitriles is 1. The first-order valence-corrected chi connectivity index (χ1v) is 12.8. The highest BCUT2D eigenvalue weighted by Crippen LogP contribution is 2.23. The second-order valence-electron chi connectivity index (χ2n) is 9.38. The van der Waals surface area contributed by atoms with Crippen molar-refractivity contribution in [2.45, 2.75) is 38.8 Å². The monoisotopic (exact) mass is 518 g/mol. The SMILES string of the molecule is CNC(=O)c1ccc(C#Cc2ccc(OC(C)C)c(C(=O)NC(CC#N)Cc3c[nH]c4ccccc34)c2)cc1. The smallest absolute Gasteiger partial charge is 0.255 e. The number of hydrogen-bond acceptors (Lipinski definition) is 4. The highest BCUT2D eigenvalue weighted by atomic mass is 16.5. The number of nitrogens with zero attached hydrogens (tertiary/aromatic N) is 1. The number of aromatic amines is 1. The number of hydrogen-bond donors (Lipinski definition) is 3. The molecule has 3 N–H and O–H groups in total. The molecule has 1 unspecified atom stereocenters. The summed E-state index contributed by atoms with van der Waals surface area (Å²) in [6.45, 7) is 3.79. The van der Waals surface area contributed by atoms with E-state index in [9.17, 15) is 14.9 Å². The van der Waals surface area contributed by atoms with Gasteiger partial charge < -0.3 is 20.4 Å². The largest absolute Gasteiger partial charge is 0.490 e. The van der Waals surface area contributed by atoms with E-state index in [1.54, 1.807) is 49.5 Å². The van der Waals surface area contributed by atoms with E-state index >= 15 is 0 Å². The second kappa shape index (κ2) is 12.5.